The van der Waals surface area contributed by atoms with Crippen molar-refractivity contribution < 1.29 is 18.3 Å². The van der Waals surface area contributed by atoms with Gasteiger partial charge in [-0.15, -0.1) is 0 Å². The van der Waals surface area contributed by atoms with Crippen molar-refractivity contribution in [3.63, 3.8) is 0 Å². The highest BCUT2D eigenvalue weighted by Crippen LogP contribution is 2.29. The van der Waals surface area contributed by atoms with Crippen LogP contribution in [0.1, 0.15) is 35.6 Å². The van der Waals surface area contributed by atoms with E-state index in [1.165, 1.54) is 23.3 Å². The number of likely N-dealkylation sites (tertiary alicyclic amines) is 1. The van der Waals surface area contributed by atoms with Crippen LogP contribution in [0.15, 0.2) is 47.1 Å². The second-order valence-electron chi connectivity index (χ2n) is 8.41. The van der Waals surface area contributed by atoms with Crippen molar-refractivity contribution in [1.82, 2.24) is 9.91 Å². The van der Waals surface area contributed by atoms with Gasteiger partial charge >= 0.3 is 0 Å². The quantitative estimate of drug-likeness (QED) is 0.743. The maximum atomic E-state index is 13.6. The zero-order chi connectivity index (χ0) is 22.1. The fraction of sp³-hybridized carbons (Fsp3) is 0.333. The zero-order valence-corrected chi connectivity index (χ0v) is 17.6. The van der Waals surface area contributed by atoms with Gasteiger partial charge < -0.3 is 10.1 Å². The standard InChI is InChI=1S/C24H24F2N4O2/c25-20-9-19(10-21(26)11-20)23-5-6-27-30(23)15-32-14-29-12-17(13-29)7-16-1-2-18-3-4-24(31)28-22(18)8-16/h1-2,6-11,23H,3-5,12-15H2,(H,28,31). The first kappa shape index (κ1) is 20.8. The Bertz CT molecular complexity index is 1070. The van der Waals surface area contributed by atoms with Crippen molar-refractivity contribution in [1.29, 1.82) is 0 Å². The molecule has 1 unspecified atom stereocenters. The van der Waals surface area contributed by atoms with E-state index in [4.69, 9.17) is 4.74 Å². The molecule has 3 aliphatic rings. The van der Waals surface area contributed by atoms with E-state index >= 15 is 0 Å². The number of aryl methyl sites for hydroxylation is 1. The average molecular weight is 438 g/mol. The Balaban J connectivity index is 1.10. The first-order chi connectivity index (χ1) is 15.5. The molecule has 0 bridgehead atoms. The Morgan fingerprint density at radius 2 is 1.91 bits per heavy atom. The molecule has 6 nitrogen and oxygen atoms in total. The minimum atomic E-state index is -0.589. The third-order valence-corrected chi connectivity index (χ3v) is 5.94. The fourth-order valence-electron chi connectivity index (χ4n) is 4.34. The Kier molecular flexibility index (Phi) is 5.71. The number of hydrazone groups is 1. The molecule has 166 valence electrons. The van der Waals surface area contributed by atoms with Crippen LogP contribution in [-0.2, 0) is 16.0 Å². The summed E-state index contributed by atoms with van der Waals surface area (Å²) in [6, 6.07) is 9.52. The van der Waals surface area contributed by atoms with E-state index in [1.54, 1.807) is 11.2 Å². The summed E-state index contributed by atoms with van der Waals surface area (Å²) >= 11 is 0. The fourth-order valence-corrected chi connectivity index (χ4v) is 4.34. The number of hydrogen-bond donors (Lipinski definition) is 1. The van der Waals surface area contributed by atoms with Gasteiger partial charge in [0.15, 0.2) is 0 Å². The predicted molar refractivity (Wildman–Crippen MR) is 118 cm³/mol. The summed E-state index contributed by atoms with van der Waals surface area (Å²) in [6.45, 7) is 2.32. The highest BCUT2D eigenvalue weighted by molar-refractivity contribution is 5.94. The maximum Gasteiger partial charge on any atom is 0.224 e. The molecule has 1 atom stereocenters. The molecule has 1 fully saturated rings. The molecule has 8 heteroatoms. The molecule has 0 spiro atoms. The van der Waals surface area contributed by atoms with E-state index in [9.17, 15) is 13.6 Å². The van der Waals surface area contributed by atoms with Crippen LogP contribution in [0.4, 0.5) is 14.5 Å². The molecule has 1 amide bonds. The number of halogens is 2. The van der Waals surface area contributed by atoms with Crippen LogP contribution in [0.3, 0.4) is 0 Å². The van der Waals surface area contributed by atoms with Crippen LogP contribution in [0, 0.1) is 11.6 Å². The van der Waals surface area contributed by atoms with Crippen LogP contribution in [0.25, 0.3) is 6.08 Å². The predicted octanol–water partition coefficient (Wildman–Crippen LogP) is 3.91. The first-order valence-corrected chi connectivity index (χ1v) is 10.7. The molecule has 3 aliphatic heterocycles. The molecule has 0 aliphatic carbocycles. The Morgan fingerprint density at radius 1 is 1.09 bits per heavy atom. The highest BCUT2D eigenvalue weighted by Gasteiger charge is 2.25. The van der Waals surface area contributed by atoms with Crippen molar-refractivity contribution in [3.8, 4) is 0 Å². The van der Waals surface area contributed by atoms with Gasteiger partial charge in [0.05, 0.1) is 6.04 Å². The van der Waals surface area contributed by atoms with Gasteiger partial charge in [-0.25, -0.2) is 8.78 Å². The molecule has 0 radical (unpaired) electrons. The average Bonchev–Trinajstić information content (AvgIpc) is 3.19. The lowest BCUT2D eigenvalue weighted by Gasteiger charge is -2.34. The van der Waals surface area contributed by atoms with Gasteiger partial charge in [0.25, 0.3) is 0 Å². The van der Waals surface area contributed by atoms with Crippen molar-refractivity contribution in [2.45, 2.75) is 25.3 Å². The molecule has 32 heavy (non-hydrogen) atoms. The van der Waals surface area contributed by atoms with Crippen LogP contribution in [-0.4, -0.2) is 48.6 Å². The molecule has 0 saturated carbocycles. The number of fused-ring (bicyclic) bond motifs is 1. The van der Waals surface area contributed by atoms with E-state index < -0.39 is 11.6 Å². The largest absolute Gasteiger partial charge is 0.344 e. The van der Waals surface area contributed by atoms with Crippen molar-refractivity contribution in [3.05, 3.63) is 70.3 Å². The number of amides is 1. The summed E-state index contributed by atoms with van der Waals surface area (Å²) in [5.41, 5.74) is 5.02. The van der Waals surface area contributed by atoms with E-state index in [0.29, 0.717) is 25.1 Å². The van der Waals surface area contributed by atoms with Gasteiger partial charge in [0.2, 0.25) is 5.91 Å². The van der Waals surface area contributed by atoms with Crippen LogP contribution in [0.2, 0.25) is 0 Å². The lowest BCUT2D eigenvalue weighted by atomic mass is 9.98. The number of nitrogens with one attached hydrogen (secondary N) is 1. The summed E-state index contributed by atoms with van der Waals surface area (Å²) < 4.78 is 32.9. The number of anilines is 1. The van der Waals surface area contributed by atoms with Gasteiger partial charge in [-0.3, -0.25) is 14.7 Å². The molecule has 1 N–H and O–H groups in total. The second-order valence-corrected chi connectivity index (χ2v) is 8.41. The van der Waals surface area contributed by atoms with E-state index in [0.717, 1.165) is 36.8 Å². The Morgan fingerprint density at radius 3 is 2.72 bits per heavy atom. The molecule has 2 aromatic rings. The van der Waals surface area contributed by atoms with Crippen molar-refractivity contribution in [2.75, 3.05) is 31.9 Å². The van der Waals surface area contributed by atoms with Gasteiger partial charge in [-0.1, -0.05) is 18.2 Å². The highest BCUT2D eigenvalue weighted by atomic mass is 19.1. The number of carbonyl (C=O) groups is 1. The van der Waals surface area contributed by atoms with E-state index in [-0.39, 0.29) is 18.7 Å². The number of carbonyl (C=O) groups excluding carboxylic acids is 1. The summed E-state index contributed by atoms with van der Waals surface area (Å²) in [5.74, 6) is -1.11. The maximum absolute atomic E-state index is 13.6. The topological polar surface area (TPSA) is 57.2 Å². The number of ether oxygens (including phenoxy) is 1. The molecule has 3 heterocycles. The van der Waals surface area contributed by atoms with E-state index in [1.807, 2.05) is 6.07 Å². The van der Waals surface area contributed by atoms with Crippen molar-refractivity contribution in [2.24, 2.45) is 5.10 Å². The molecule has 2 aromatic carbocycles. The van der Waals surface area contributed by atoms with Gasteiger partial charge in [0.1, 0.15) is 25.1 Å². The number of nitrogens with zero attached hydrogens (tertiary/aromatic N) is 3. The summed E-state index contributed by atoms with van der Waals surface area (Å²) in [7, 11) is 0. The molecular weight excluding hydrogens is 414 g/mol. The molecule has 0 aromatic heterocycles. The number of rotatable bonds is 6. The van der Waals surface area contributed by atoms with Crippen molar-refractivity contribution >= 4 is 23.9 Å². The zero-order valence-electron chi connectivity index (χ0n) is 17.6. The minimum absolute atomic E-state index is 0.0707. The lowest BCUT2D eigenvalue weighted by molar-refractivity contribution is -0.116. The van der Waals surface area contributed by atoms with Gasteiger partial charge in [-0.2, -0.15) is 5.10 Å². The second kappa shape index (κ2) is 8.80. The number of benzene rings is 2. The molecule has 1 saturated heterocycles. The van der Waals surface area contributed by atoms with Crippen LogP contribution in [0.5, 0.6) is 0 Å². The number of hydrogen-bond acceptors (Lipinski definition) is 5. The smallest absolute Gasteiger partial charge is 0.224 e. The SMILES string of the molecule is O=C1CCc2ccc(C=C3CN(COCN4N=CCC4c4cc(F)cc(F)c4)C3)cc2N1. The van der Waals surface area contributed by atoms with E-state index in [2.05, 4.69) is 33.5 Å². The lowest BCUT2D eigenvalue weighted by Crippen LogP contribution is -2.42. The Labute approximate surface area is 185 Å². The monoisotopic (exact) mass is 438 g/mol. The van der Waals surface area contributed by atoms with Gasteiger partial charge in [-0.05, 0) is 46.9 Å². The first-order valence-electron chi connectivity index (χ1n) is 10.7. The van der Waals surface area contributed by atoms with Crippen LogP contribution < -0.4 is 5.32 Å². The Hall–Kier alpha value is -3.10. The van der Waals surface area contributed by atoms with Crippen LogP contribution >= 0.6 is 0 Å². The summed E-state index contributed by atoms with van der Waals surface area (Å²) in [4.78, 5) is 13.8. The normalized spacial score (nSPS) is 20.2. The molecule has 5 rings (SSSR count). The van der Waals surface area contributed by atoms with Gasteiger partial charge in [0, 0.05) is 43.9 Å². The summed E-state index contributed by atoms with van der Waals surface area (Å²) in [5, 5.41) is 8.94. The minimum Gasteiger partial charge on any atom is -0.344 e. The molecular formula is C24H24F2N4O2. The third-order valence-electron chi connectivity index (χ3n) is 5.94. The summed E-state index contributed by atoms with van der Waals surface area (Å²) in [6.07, 6.45) is 5.81. The third kappa shape index (κ3) is 4.56.